The fourth-order valence-electron chi connectivity index (χ4n) is 1.56. The molecule has 1 aromatic heterocycles. The van der Waals surface area contributed by atoms with Crippen LogP contribution in [0.3, 0.4) is 0 Å². The summed E-state index contributed by atoms with van der Waals surface area (Å²) < 4.78 is 1.69. The van der Waals surface area contributed by atoms with Crippen LogP contribution in [0.15, 0.2) is 6.33 Å². The molecule has 0 aliphatic heterocycles. The van der Waals surface area contributed by atoms with E-state index in [2.05, 4.69) is 20.8 Å². The van der Waals surface area contributed by atoms with Crippen LogP contribution in [0, 0.1) is 5.41 Å². The second-order valence-electron chi connectivity index (χ2n) is 4.48. The van der Waals surface area contributed by atoms with E-state index in [1.165, 1.54) is 0 Å². The maximum Gasteiger partial charge on any atom is 0.315 e. The predicted octanol–water partition coefficient (Wildman–Crippen LogP) is -0.521. The van der Waals surface area contributed by atoms with Gasteiger partial charge < -0.3 is 20.3 Å². The number of aliphatic carboxylic acids is 1. The van der Waals surface area contributed by atoms with Crippen LogP contribution in [0.25, 0.3) is 0 Å². The van der Waals surface area contributed by atoms with E-state index in [0.29, 0.717) is 18.7 Å². The molecule has 1 aliphatic carbocycles. The van der Waals surface area contributed by atoms with Gasteiger partial charge in [0, 0.05) is 13.6 Å². The molecule has 0 saturated heterocycles. The van der Waals surface area contributed by atoms with E-state index in [4.69, 9.17) is 5.11 Å². The van der Waals surface area contributed by atoms with Crippen molar-refractivity contribution >= 4 is 12.0 Å². The molecule has 0 bridgehead atoms. The predicted molar refractivity (Wildman–Crippen MR) is 60.5 cm³/mol. The molecule has 1 aliphatic rings. The minimum atomic E-state index is -0.851. The molecule has 0 spiro atoms. The first-order chi connectivity index (χ1) is 8.53. The molecule has 18 heavy (non-hydrogen) atoms. The van der Waals surface area contributed by atoms with E-state index < -0.39 is 17.4 Å². The molecule has 0 radical (unpaired) electrons. The first-order valence-corrected chi connectivity index (χ1v) is 5.61. The molecule has 1 saturated carbocycles. The minimum Gasteiger partial charge on any atom is -0.481 e. The molecule has 0 unspecified atom stereocenters. The van der Waals surface area contributed by atoms with Crippen LogP contribution in [0.5, 0.6) is 0 Å². The summed E-state index contributed by atoms with van der Waals surface area (Å²) in [5, 5.41) is 21.6. The number of hydrogen-bond acceptors (Lipinski definition) is 4. The van der Waals surface area contributed by atoms with Gasteiger partial charge in [0.1, 0.15) is 6.33 Å². The number of aryl methyl sites for hydroxylation is 1. The highest BCUT2D eigenvalue weighted by atomic mass is 16.4. The quantitative estimate of drug-likeness (QED) is 0.654. The molecule has 98 valence electrons. The van der Waals surface area contributed by atoms with E-state index in [1.54, 1.807) is 17.9 Å². The van der Waals surface area contributed by atoms with Gasteiger partial charge in [-0.05, 0) is 12.8 Å². The zero-order valence-corrected chi connectivity index (χ0v) is 10.0. The monoisotopic (exact) mass is 253 g/mol. The SMILES string of the molecule is Cn1cnnc1CNC(=O)NCC1(C(=O)O)CC1. The van der Waals surface area contributed by atoms with Crippen molar-refractivity contribution in [1.82, 2.24) is 25.4 Å². The van der Waals surface area contributed by atoms with Crippen molar-refractivity contribution in [2.45, 2.75) is 19.4 Å². The maximum absolute atomic E-state index is 11.5. The highest BCUT2D eigenvalue weighted by Crippen LogP contribution is 2.45. The molecule has 0 aromatic carbocycles. The van der Waals surface area contributed by atoms with Crippen molar-refractivity contribution < 1.29 is 14.7 Å². The third-order valence-corrected chi connectivity index (χ3v) is 3.11. The number of nitrogens with zero attached hydrogens (tertiary/aromatic N) is 3. The number of aromatic nitrogens is 3. The van der Waals surface area contributed by atoms with E-state index >= 15 is 0 Å². The molecule has 2 rings (SSSR count). The first-order valence-electron chi connectivity index (χ1n) is 5.61. The average molecular weight is 253 g/mol. The third-order valence-electron chi connectivity index (χ3n) is 3.11. The Morgan fingerprint density at radius 3 is 2.72 bits per heavy atom. The van der Waals surface area contributed by atoms with Gasteiger partial charge in [-0.15, -0.1) is 10.2 Å². The molecule has 0 atom stereocenters. The van der Waals surface area contributed by atoms with Crippen molar-refractivity contribution in [3.63, 3.8) is 0 Å². The van der Waals surface area contributed by atoms with Gasteiger partial charge in [0.25, 0.3) is 0 Å². The number of carboxylic acid groups (broad SMARTS) is 1. The fourth-order valence-corrected chi connectivity index (χ4v) is 1.56. The number of carbonyl (C=O) groups is 2. The lowest BCUT2D eigenvalue weighted by molar-refractivity contribution is -0.143. The Kier molecular flexibility index (Phi) is 3.17. The van der Waals surface area contributed by atoms with Crippen LogP contribution < -0.4 is 10.6 Å². The second-order valence-corrected chi connectivity index (χ2v) is 4.48. The van der Waals surface area contributed by atoms with Gasteiger partial charge in [0.2, 0.25) is 0 Å². The maximum atomic E-state index is 11.5. The number of carbonyl (C=O) groups excluding carboxylic acids is 1. The highest BCUT2D eigenvalue weighted by Gasteiger charge is 2.50. The number of nitrogens with one attached hydrogen (secondary N) is 2. The highest BCUT2D eigenvalue weighted by molar-refractivity contribution is 5.80. The fraction of sp³-hybridized carbons (Fsp3) is 0.600. The minimum absolute atomic E-state index is 0.160. The Morgan fingerprint density at radius 1 is 1.50 bits per heavy atom. The van der Waals surface area contributed by atoms with E-state index in [0.717, 1.165) is 0 Å². The first kappa shape index (κ1) is 12.3. The number of amides is 2. The summed E-state index contributed by atoms with van der Waals surface area (Å²) in [4.78, 5) is 22.4. The van der Waals surface area contributed by atoms with Crippen LogP contribution in [0.4, 0.5) is 4.79 Å². The van der Waals surface area contributed by atoms with Crippen LogP contribution in [0.1, 0.15) is 18.7 Å². The van der Waals surface area contributed by atoms with E-state index in [-0.39, 0.29) is 13.1 Å². The van der Waals surface area contributed by atoms with E-state index in [9.17, 15) is 9.59 Å². The smallest absolute Gasteiger partial charge is 0.315 e. The van der Waals surface area contributed by atoms with Gasteiger partial charge in [-0.2, -0.15) is 0 Å². The molecule has 8 heteroatoms. The molecule has 1 fully saturated rings. The molecular weight excluding hydrogens is 238 g/mol. The summed E-state index contributed by atoms with van der Waals surface area (Å²) in [6.45, 7) is 0.412. The molecule has 2 amide bonds. The Morgan fingerprint density at radius 2 is 2.22 bits per heavy atom. The summed E-state index contributed by atoms with van der Waals surface area (Å²) in [6, 6.07) is -0.398. The summed E-state index contributed by atoms with van der Waals surface area (Å²) in [7, 11) is 1.78. The zero-order valence-electron chi connectivity index (χ0n) is 10.0. The van der Waals surface area contributed by atoms with Crippen molar-refractivity contribution in [2.75, 3.05) is 6.54 Å². The van der Waals surface area contributed by atoms with E-state index in [1.807, 2.05) is 0 Å². The number of hydrogen-bond donors (Lipinski definition) is 3. The number of urea groups is 1. The standard InChI is InChI=1S/C10H15N5O3/c1-15-6-13-14-7(15)4-11-9(18)12-5-10(2-3-10)8(16)17/h6H,2-5H2,1H3,(H,16,17)(H2,11,12,18). The van der Waals surface area contributed by atoms with Gasteiger partial charge in [0.05, 0.1) is 12.0 Å². The lowest BCUT2D eigenvalue weighted by Crippen LogP contribution is -2.40. The lowest BCUT2D eigenvalue weighted by atomic mass is 10.1. The molecule has 8 nitrogen and oxygen atoms in total. The Labute approximate surface area is 103 Å². The van der Waals surface area contributed by atoms with Crippen molar-refractivity contribution in [3.05, 3.63) is 12.2 Å². The topological polar surface area (TPSA) is 109 Å². The Balaban J connectivity index is 1.73. The summed E-state index contributed by atoms with van der Waals surface area (Å²) >= 11 is 0. The average Bonchev–Trinajstić information content (AvgIpc) is 3.02. The molecule has 1 heterocycles. The van der Waals surface area contributed by atoms with Crippen molar-refractivity contribution in [1.29, 1.82) is 0 Å². The van der Waals surface area contributed by atoms with Gasteiger partial charge in [0.15, 0.2) is 5.82 Å². The van der Waals surface area contributed by atoms with Gasteiger partial charge >= 0.3 is 12.0 Å². The van der Waals surface area contributed by atoms with Gasteiger partial charge in [-0.25, -0.2) is 4.79 Å². The summed E-state index contributed by atoms with van der Waals surface area (Å²) in [5.41, 5.74) is -0.748. The third kappa shape index (κ3) is 2.58. The summed E-state index contributed by atoms with van der Waals surface area (Å²) in [5.74, 6) is -0.222. The van der Waals surface area contributed by atoms with Crippen LogP contribution in [0.2, 0.25) is 0 Å². The number of rotatable bonds is 5. The largest absolute Gasteiger partial charge is 0.481 e. The van der Waals surface area contributed by atoms with Crippen LogP contribution in [-0.2, 0) is 18.4 Å². The van der Waals surface area contributed by atoms with Crippen LogP contribution in [-0.4, -0.2) is 38.4 Å². The Bertz CT molecular complexity index is 466. The lowest BCUT2D eigenvalue weighted by Gasteiger charge is -2.11. The summed E-state index contributed by atoms with van der Waals surface area (Å²) in [6.07, 6.45) is 2.77. The molecule has 1 aromatic rings. The number of carboxylic acids is 1. The van der Waals surface area contributed by atoms with Gasteiger partial charge in [-0.1, -0.05) is 0 Å². The molecular formula is C10H15N5O3. The van der Waals surface area contributed by atoms with Crippen molar-refractivity contribution in [2.24, 2.45) is 12.5 Å². The van der Waals surface area contributed by atoms with Crippen LogP contribution >= 0.6 is 0 Å². The van der Waals surface area contributed by atoms with Crippen molar-refractivity contribution in [3.8, 4) is 0 Å². The normalized spacial score (nSPS) is 16.1. The second kappa shape index (κ2) is 4.63. The Hall–Kier alpha value is -2.12. The molecule has 3 N–H and O–H groups in total. The zero-order chi connectivity index (χ0) is 13.2. The van der Waals surface area contributed by atoms with Gasteiger partial charge in [-0.3, -0.25) is 4.79 Å².